The number of benzene rings is 2. The van der Waals surface area contributed by atoms with Gasteiger partial charge in [-0.1, -0.05) is 36.8 Å². The Kier molecular flexibility index (Phi) is 7.17. The van der Waals surface area contributed by atoms with Crippen molar-refractivity contribution in [3.8, 4) is 11.3 Å². The number of H-pyrrole nitrogens is 1. The van der Waals surface area contributed by atoms with Gasteiger partial charge < -0.3 is 0 Å². The van der Waals surface area contributed by atoms with Gasteiger partial charge >= 0.3 is 0 Å². The minimum atomic E-state index is -3.29. The molecule has 29 heavy (non-hydrogen) atoms. The van der Waals surface area contributed by atoms with E-state index in [1.54, 1.807) is 19.2 Å². The molecule has 3 rings (SSSR count). The van der Waals surface area contributed by atoms with E-state index < -0.39 is 10.0 Å². The third kappa shape index (κ3) is 6.24. The number of rotatable bonds is 10. The van der Waals surface area contributed by atoms with Crippen LogP contribution in [0.25, 0.3) is 11.3 Å². The Balaban J connectivity index is 1.40. The molecular formula is C22H26FN3O2S. The van der Waals surface area contributed by atoms with Gasteiger partial charge in [0.15, 0.2) is 0 Å². The first-order chi connectivity index (χ1) is 13.9. The Hall–Kier alpha value is -2.51. The van der Waals surface area contributed by atoms with Crippen LogP contribution in [-0.2, 0) is 22.2 Å². The molecule has 3 aromatic rings. The monoisotopic (exact) mass is 415 g/mol. The van der Waals surface area contributed by atoms with E-state index in [2.05, 4.69) is 10.2 Å². The van der Waals surface area contributed by atoms with Crippen molar-refractivity contribution >= 4 is 10.0 Å². The van der Waals surface area contributed by atoms with Gasteiger partial charge in [-0.3, -0.25) is 5.10 Å². The van der Waals surface area contributed by atoms with Gasteiger partial charge in [-0.05, 0) is 55.2 Å². The van der Waals surface area contributed by atoms with Gasteiger partial charge in [0, 0.05) is 24.8 Å². The van der Waals surface area contributed by atoms with E-state index in [0.717, 1.165) is 48.2 Å². The van der Waals surface area contributed by atoms with Crippen molar-refractivity contribution in [2.45, 2.75) is 31.4 Å². The van der Waals surface area contributed by atoms with E-state index in [9.17, 15) is 12.8 Å². The lowest BCUT2D eigenvalue weighted by Crippen LogP contribution is -2.29. The molecule has 2 aromatic carbocycles. The van der Waals surface area contributed by atoms with Crippen LogP contribution < -0.4 is 0 Å². The zero-order valence-corrected chi connectivity index (χ0v) is 17.3. The number of unbranched alkanes of at least 4 members (excludes halogenated alkanes) is 2. The molecule has 0 radical (unpaired) electrons. The molecule has 0 atom stereocenters. The third-order valence-corrected chi connectivity index (χ3v) is 6.69. The number of aromatic amines is 1. The Bertz CT molecular complexity index is 1000. The second-order valence-corrected chi connectivity index (χ2v) is 9.24. The van der Waals surface area contributed by atoms with Gasteiger partial charge in [0.1, 0.15) is 5.82 Å². The summed E-state index contributed by atoms with van der Waals surface area (Å²) in [4.78, 5) is 0. The average molecular weight is 416 g/mol. The number of aryl methyl sites for hydroxylation is 1. The summed E-state index contributed by atoms with van der Waals surface area (Å²) >= 11 is 0. The molecule has 1 N–H and O–H groups in total. The molecule has 0 unspecified atom stereocenters. The number of sulfonamides is 1. The summed E-state index contributed by atoms with van der Waals surface area (Å²) in [5.41, 5.74) is 3.50. The fourth-order valence-electron chi connectivity index (χ4n) is 3.12. The third-order valence-electron chi connectivity index (χ3n) is 4.86. The molecule has 0 aliphatic carbocycles. The largest absolute Gasteiger partial charge is 0.282 e. The Morgan fingerprint density at radius 1 is 1.00 bits per heavy atom. The molecule has 0 spiro atoms. The summed E-state index contributed by atoms with van der Waals surface area (Å²) in [7, 11) is -1.65. The zero-order valence-electron chi connectivity index (χ0n) is 16.5. The van der Waals surface area contributed by atoms with Gasteiger partial charge in [-0.2, -0.15) is 5.10 Å². The van der Waals surface area contributed by atoms with E-state index in [0.29, 0.717) is 6.54 Å². The molecule has 1 aromatic heterocycles. The van der Waals surface area contributed by atoms with E-state index in [1.807, 2.05) is 36.4 Å². The summed E-state index contributed by atoms with van der Waals surface area (Å²) in [6.45, 7) is 0.513. The van der Waals surface area contributed by atoms with Crippen LogP contribution in [0.15, 0.2) is 60.7 Å². The van der Waals surface area contributed by atoms with Gasteiger partial charge in [-0.15, -0.1) is 0 Å². The molecule has 1 heterocycles. The average Bonchev–Trinajstić information content (AvgIpc) is 3.17. The zero-order chi connectivity index (χ0) is 20.7. The Labute approximate surface area is 171 Å². The van der Waals surface area contributed by atoms with Gasteiger partial charge in [0.2, 0.25) is 10.0 Å². The topological polar surface area (TPSA) is 66.1 Å². The highest BCUT2D eigenvalue weighted by atomic mass is 32.2. The molecule has 154 valence electrons. The molecule has 0 bridgehead atoms. The first-order valence-electron chi connectivity index (χ1n) is 9.72. The number of nitrogens with one attached hydrogen (secondary N) is 1. The molecule has 0 aliphatic rings. The summed E-state index contributed by atoms with van der Waals surface area (Å²) in [5.74, 6) is -0.231. The Morgan fingerprint density at radius 2 is 1.72 bits per heavy atom. The highest BCUT2D eigenvalue weighted by molar-refractivity contribution is 7.88. The van der Waals surface area contributed by atoms with Gasteiger partial charge in [0.05, 0.1) is 11.4 Å². The van der Waals surface area contributed by atoms with Crippen molar-refractivity contribution in [1.82, 2.24) is 14.5 Å². The summed E-state index contributed by atoms with van der Waals surface area (Å²) in [6, 6.07) is 17.5. The molecule has 0 saturated heterocycles. The highest BCUT2D eigenvalue weighted by Gasteiger charge is 2.17. The predicted octanol–water partition coefficient (Wildman–Crippen LogP) is 4.39. The number of hydrogen-bond acceptors (Lipinski definition) is 3. The fourth-order valence-corrected chi connectivity index (χ4v) is 4.36. The van der Waals surface area contributed by atoms with Crippen LogP contribution in [0, 0.1) is 5.82 Å². The maximum absolute atomic E-state index is 13.0. The second-order valence-electron chi connectivity index (χ2n) is 7.16. The first kappa shape index (κ1) is 21.2. The summed E-state index contributed by atoms with van der Waals surface area (Å²) in [6.07, 6.45) is 3.52. The van der Waals surface area contributed by atoms with Crippen LogP contribution >= 0.6 is 0 Å². The van der Waals surface area contributed by atoms with Crippen LogP contribution in [0.1, 0.15) is 30.5 Å². The SMILES string of the molecule is CN(CCCCCc1cc(-c2ccc(F)cc2)n[nH]1)S(=O)(=O)Cc1ccccc1. The van der Waals surface area contributed by atoms with Crippen molar-refractivity contribution < 1.29 is 12.8 Å². The molecular weight excluding hydrogens is 389 g/mol. The molecule has 0 fully saturated rings. The lowest BCUT2D eigenvalue weighted by atomic mass is 10.1. The lowest BCUT2D eigenvalue weighted by molar-refractivity contribution is 0.451. The Morgan fingerprint density at radius 3 is 2.45 bits per heavy atom. The van der Waals surface area contributed by atoms with Gasteiger partial charge in [0.25, 0.3) is 0 Å². The van der Waals surface area contributed by atoms with Crippen molar-refractivity contribution in [3.63, 3.8) is 0 Å². The van der Waals surface area contributed by atoms with Crippen LogP contribution in [-0.4, -0.2) is 36.5 Å². The molecule has 7 heteroatoms. The quantitative estimate of drug-likeness (QED) is 0.500. The first-order valence-corrected chi connectivity index (χ1v) is 11.3. The molecule has 0 saturated carbocycles. The summed E-state index contributed by atoms with van der Waals surface area (Å²) < 4.78 is 39.3. The van der Waals surface area contributed by atoms with Crippen LogP contribution in [0.4, 0.5) is 4.39 Å². The van der Waals surface area contributed by atoms with Crippen molar-refractivity contribution in [3.05, 3.63) is 77.7 Å². The maximum atomic E-state index is 13.0. The van der Waals surface area contributed by atoms with E-state index in [1.165, 1.54) is 16.4 Å². The standard InChI is InChI=1S/C22H26FN3O2S/c1-26(29(27,28)17-18-8-4-2-5-9-18)15-7-3-6-10-21-16-22(25-24-21)19-11-13-20(23)14-12-19/h2,4-5,8-9,11-14,16H,3,6-7,10,15,17H2,1H3,(H,24,25). The van der Waals surface area contributed by atoms with E-state index in [4.69, 9.17) is 0 Å². The van der Waals surface area contributed by atoms with E-state index >= 15 is 0 Å². The highest BCUT2D eigenvalue weighted by Crippen LogP contribution is 2.19. The minimum Gasteiger partial charge on any atom is -0.282 e. The number of aromatic nitrogens is 2. The predicted molar refractivity (Wildman–Crippen MR) is 113 cm³/mol. The van der Waals surface area contributed by atoms with Crippen LogP contribution in [0.2, 0.25) is 0 Å². The maximum Gasteiger partial charge on any atom is 0.218 e. The number of nitrogens with zero attached hydrogens (tertiary/aromatic N) is 2. The lowest BCUT2D eigenvalue weighted by Gasteiger charge is -2.17. The summed E-state index contributed by atoms with van der Waals surface area (Å²) in [5, 5.41) is 7.30. The fraction of sp³-hybridized carbons (Fsp3) is 0.318. The van der Waals surface area contributed by atoms with Crippen LogP contribution in [0.3, 0.4) is 0 Å². The van der Waals surface area contributed by atoms with Crippen molar-refractivity contribution in [1.29, 1.82) is 0 Å². The molecule has 5 nitrogen and oxygen atoms in total. The van der Waals surface area contributed by atoms with E-state index in [-0.39, 0.29) is 11.6 Å². The normalized spacial score (nSPS) is 11.8. The van der Waals surface area contributed by atoms with Crippen LogP contribution in [0.5, 0.6) is 0 Å². The second kappa shape index (κ2) is 9.80. The smallest absolute Gasteiger partial charge is 0.218 e. The molecule has 0 amide bonds. The van der Waals surface area contributed by atoms with Crippen molar-refractivity contribution in [2.24, 2.45) is 0 Å². The molecule has 0 aliphatic heterocycles. The number of halogens is 1. The minimum absolute atomic E-state index is 0.0324. The van der Waals surface area contributed by atoms with Crippen molar-refractivity contribution in [2.75, 3.05) is 13.6 Å². The number of hydrogen-bond donors (Lipinski definition) is 1. The van der Waals surface area contributed by atoms with Gasteiger partial charge in [-0.25, -0.2) is 17.1 Å².